The first-order valence-electron chi connectivity index (χ1n) is 5.79. The molecule has 1 unspecified atom stereocenters. The van der Waals surface area contributed by atoms with E-state index in [1.54, 1.807) is 0 Å². The molecule has 4 heteroatoms. The molecule has 1 aliphatic heterocycles. The monoisotopic (exact) mass is 348 g/mol. The summed E-state index contributed by atoms with van der Waals surface area (Å²) in [5, 5.41) is 0. The van der Waals surface area contributed by atoms with Crippen LogP contribution in [0.5, 0.6) is 0 Å². The summed E-state index contributed by atoms with van der Waals surface area (Å²) < 4.78 is 17.9. The van der Waals surface area contributed by atoms with Gasteiger partial charge in [0, 0.05) is 4.43 Å². The van der Waals surface area contributed by atoms with E-state index < -0.39 is 0 Å². The third-order valence-electron chi connectivity index (χ3n) is 2.58. The maximum atomic E-state index is 5.82. The number of rotatable bonds is 5. The van der Waals surface area contributed by atoms with Gasteiger partial charge in [-0.1, -0.05) is 52.9 Å². The SMILES string of the molecule is ICC1COC[C@H](COCc2ccccc2)O1. The lowest BCUT2D eigenvalue weighted by molar-refractivity contribution is -0.150. The van der Waals surface area contributed by atoms with Gasteiger partial charge in [-0.15, -0.1) is 0 Å². The molecule has 0 amide bonds. The van der Waals surface area contributed by atoms with Crippen molar-refractivity contribution in [1.29, 1.82) is 0 Å². The zero-order valence-corrected chi connectivity index (χ0v) is 11.8. The van der Waals surface area contributed by atoms with Gasteiger partial charge in [-0.25, -0.2) is 0 Å². The Bertz CT molecular complexity index is 318. The summed E-state index contributed by atoms with van der Waals surface area (Å²) in [6.07, 6.45) is 0.293. The zero-order chi connectivity index (χ0) is 11.9. The first-order valence-corrected chi connectivity index (χ1v) is 7.32. The van der Waals surface area contributed by atoms with Crippen molar-refractivity contribution in [2.45, 2.75) is 18.8 Å². The molecule has 94 valence electrons. The molecule has 1 aromatic carbocycles. The van der Waals surface area contributed by atoms with Crippen LogP contribution in [0.15, 0.2) is 30.3 Å². The Hall–Kier alpha value is -0.170. The van der Waals surface area contributed by atoms with Crippen molar-refractivity contribution in [2.75, 3.05) is 24.2 Å². The minimum atomic E-state index is 0.0761. The fourth-order valence-corrected chi connectivity index (χ4v) is 2.19. The molecule has 1 saturated heterocycles. The Morgan fingerprint density at radius 3 is 2.71 bits per heavy atom. The minimum absolute atomic E-state index is 0.0761. The minimum Gasteiger partial charge on any atom is -0.376 e. The van der Waals surface area contributed by atoms with Crippen molar-refractivity contribution in [3.8, 4) is 0 Å². The summed E-state index contributed by atoms with van der Waals surface area (Å²) in [5.41, 5.74) is 1.19. The largest absolute Gasteiger partial charge is 0.376 e. The highest BCUT2D eigenvalue weighted by atomic mass is 127. The van der Waals surface area contributed by atoms with Crippen LogP contribution in [0.2, 0.25) is 0 Å². The maximum absolute atomic E-state index is 5.82. The van der Waals surface area contributed by atoms with Crippen LogP contribution < -0.4 is 0 Å². The summed E-state index contributed by atoms with van der Waals surface area (Å²) in [5.74, 6) is 0. The predicted octanol–water partition coefficient (Wildman–Crippen LogP) is 2.42. The van der Waals surface area contributed by atoms with Crippen LogP contribution >= 0.6 is 22.6 Å². The summed E-state index contributed by atoms with van der Waals surface area (Å²) in [6.45, 7) is 2.58. The third kappa shape index (κ3) is 4.54. The Balaban J connectivity index is 1.68. The van der Waals surface area contributed by atoms with Gasteiger partial charge >= 0.3 is 0 Å². The average Bonchev–Trinajstić information content (AvgIpc) is 2.40. The highest BCUT2D eigenvalue weighted by Crippen LogP contribution is 2.11. The fourth-order valence-electron chi connectivity index (χ4n) is 1.73. The van der Waals surface area contributed by atoms with Crippen LogP contribution in [0.25, 0.3) is 0 Å². The molecule has 1 heterocycles. The number of hydrogen-bond acceptors (Lipinski definition) is 3. The van der Waals surface area contributed by atoms with Crippen LogP contribution in [-0.4, -0.2) is 36.5 Å². The van der Waals surface area contributed by atoms with Gasteiger partial charge in [0.15, 0.2) is 0 Å². The second kappa shape index (κ2) is 7.31. The molecule has 2 rings (SSSR count). The molecule has 17 heavy (non-hydrogen) atoms. The second-order valence-electron chi connectivity index (χ2n) is 4.07. The van der Waals surface area contributed by atoms with E-state index in [-0.39, 0.29) is 12.2 Å². The van der Waals surface area contributed by atoms with E-state index in [4.69, 9.17) is 14.2 Å². The first kappa shape index (κ1) is 13.3. The van der Waals surface area contributed by atoms with E-state index in [2.05, 4.69) is 34.7 Å². The quantitative estimate of drug-likeness (QED) is 0.604. The molecule has 1 fully saturated rings. The number of halogens is 1. The summed E-state index contributed by atoms with van der Waals surface area (Å²) in [6, 6.07) is 10.2. The maximum Gasteiger partial charge on any atom is 0.105 e. The van der Waals surface area contributed by atoms with Crippen LogP contribution in [0.3, 0.4) is 0 Å². The van der Waals surface area contributed by atoms with E-state index in [0.717, 1.165) is 4.43 Å². The van der Waals surface area contributed by atoms with E-state index in [0.29, 0.717) is 26.4 Å². The van der Waals surface area contributed by atoms with E-state index >= 15 is 0 Å². The highest BCUT2D eigenvalue weighted by Gasteiger charge is 2.22. The van der Waals surface area contributed by atoms with E-state index in [9.17, 15) is 0 Å². The second-order valence-corrected chi connectivity index (χ2v) is 4.95. The van der Waals surface area contributed by atoms with Crippen molar-refractivity contribution in [2.24, 2.45) is 0 Å². The van der Waals surface area contributed by atoms with Crippen molar-refractivity contribution in [1.82, 2.24) is 0 Å². The number of alkyl halides is 1. The van der Waals surface area contributed by atoms with E-state index in [1.165, 1.54) is 5.56 Å². The molecule has 0 radical (unpaired) electrons. The zero-order valence-electron chi connectivity index (χ0n) is 9.68. The van der Waals surface area contributed by atoms with Crippen LogP contribution in [0.1, 0.15) is 5.56 Å². The molecule has 1 aliphatic rings. The van der Waals surface area contributed by atoms with Gasteiger partial charge in [-0.3, -0.25) is 0 Å². The van der Waals surface area contributed by atoms with Gasteiger partial charge in [-0.2, -0.15) is 0 Å². The molecule has 0 saturated carbocycles. The van der Waals surface area contributed by atoms with Crippen LogP contribution in [0, 0.1) is 0 Å². The Morgan fingerprint density at radius 2 is 1.94 bits per heavy atom. The molecule has 1 aromatic rings. The summed E-state index contributed by atoms with van der Waals surface area (Å²) >= 11 is 2.32. The molecule has 0 bridgehead atoms. The van der Waals surface area contributed by atoms with Gasteiger partial charge < -0.3 is 14.2 Å². The number of benzene rings is 1. The van der Waals surface area contributed by atoms with Crippen molar-refractivity contribution in [3.63, 3.8) is 0 Å². The third-order valence-corrected chi connectivity index (χ3v) is 3.56. The standard InChI is InChI=1S/C13H17IO3/c14-6-12-8-16-10-13(17-12)9-15-7-11-4-2-1-3-5-11/h1-5,12-13H,6-10H2/t12?,13-/m0/s1. The lowest BCUT2D eigenvalue weighted by Crippen LogP contribution is -2.39. The Labute approximate surface area is 116 Å². The predicted molar refractivity (Wildman–Crippen MR) is 74.5 cm³/mol. The highest BCUT2D eigenvalue weighted by molar-refractivity contribution is 14.1. The van der Waals surface area contributed by atoms with Gasteiger partial charge in [0.25, 0.3) is 0 Å². The normalized spacial score (nSPS) is 24.8. The Morgan fingerprint density at radius 1 is 1.18 bits per heavy atom. The smallest absolute Gasteiger partial charge is 0.105 e. The van der Waals surface area contributed by atoms with Gasteiger partial charge in [0.1, 0.15) is 6.10 Å². The van der Waals surface area contributed by atoms with Gasteiger partial charge in [0.05, 0.1) is 32.5 Å². The molecular formula is C13H17IO3. The molecule has 0 spiro atoms. The lowest BCUT2D eigenvalue weighted by Gasteiger charge is -2.29. The van der Waals surface area contributed by atoms with Crippen molar-refractivity contribution in [3.05, 3.63) is 35.9 Å². The fraction of sp³-hybridized carbons (Fsp3) is 0.538. The first-order chi connectivity index (χ1) is 8.38. The number of ether oxygens (including phenoxy) is 3. The van der Waals surface area contributed by atoms with Gasteiger partial charge in [-0.05, 0) is 5.56 Å². The van der Waals surface area contributed by atoms with Crippen molar-refractivity contribution < 1.29 is 14.2 Å². The van der Waals surface area contributed by atoms with Crippen molar-refractivity contribution >= 4 is 22.6 Å². The van der Waals surface area contributed by atoms with Crippen LogP contribution in [0.4, 0.5) is 0 Å². The topological polar surface area (TPSA) is 27.7 Å². The van der Waals surface area contributed by atoms with Gasteiger partial charge in [0.2, 0.25) is 0 Å². The molecular weight excluding hydrogens is 331 g/mol. The lowest BCUT2D eigenvalue weighted by atomic mass is 10.2. The molecule has 0 aliphatic carbocycles. The number of hydrogen-bond donors (Lipinski definition) is 0. The molecule has 3 nitrogen and oxygen atoms in total. The molecule has 0 N–H and O–H groups in total. The summed E-state index contributed by atoms with van der Waals surface area (Å²) in [4.78, 5) is 0. The summed E-state index contributed by atoms with van der Waals surface area (Å²) in [7, 11) is 0. The molecule has 0 aromatic heterocycles. The average molecular weight is 348 g/mol. The molecule has 2 atom stereocenters. The van der Waals surface area contributed by atoms with Crippen LogP contribution in [-0.2, 0) is 20.8 Å². The Kier molecular flexibility index (Phi) is 5.70. The van der Waals surface area contributed by atoms with E-state index in [1.807, 2.05) is 18.2 Å².